The summed E-state index contributed by atoms with van der Waals surface area (Å²) in [5, 5.41) is 68.8. The molecule has 1 fully saturated rings. The van der Waals surface area contributed by atoms with Crippen molar-refractivity contribution >= 4 is 64.8 Å². The van der Waals surface area contributed by atoms with Gasteiger partial charge in [0.25, 0.3) is 0 Å². The summed E-state index contributed by atoms with van der Waals surface area (Å²) in [6.07, 6.45) is 7.06. The Balaban J connectivity index is 3.53. The van der Waals surface area contributed by atoms with E-state index in [1.165, 1.54) is 39.0 Å². The first-order chi connectivity index (χ1) is 36.6. The van der Waals surface area contributed by atoms with Crippen LogP contribution in [0.2, 0.25) is 0 Å². The standard InChI is InChI=1S/C51H89N9O17/c1-5-6-7-8-9-10-11-12-13-14-15-31(2)34-26-43(68)55-32(3)46(71)57-38(20-24-62)48(73)58-37(16-17-44(69)70)47(72)54-28-35(65)18-22-53-40(29-63)50(75)59-39(27-42(52)67)49(74)60-45(33(4)64)51(76)56-36(19-23-61)41(66)21-25-77-30-34/h31-34,36-40,45,53,61-64H,5-30H2,1-4H3,(H2,52,67)(H,54,72)(H,55,68)(H,56,76)(H,57,71)(H,58,73)(H,59,75)(H,60,74)(H,69,70)/t31-,32-,33-,34-,36-,37-,38-,39+,40-,45+/m0/s1. The molecule has 26 nitrogen and oxygen atoms in total. The number of Topliss-reactive ketones (excluding diaryl/α,β-unsaturated/α-hetero) is 2. The van der Waals surface area contributed by atoms with Crippen LogP contribution in [0.25, 0.3) is 0 Å². The highest BCUT2D eigenvalue weighted by atomic mass is 16.5. The van der Waals surface area contributed by atoms with E-state index in [0.29, 0.717) is 0 Å². The zero-order valence-electron chi connectivity index (χ0n) is 45.4. The molecule has 1 saturated heterocycles. The Morgan fingerprint density at radius 1 is 0.662 bits per heavy atom. The predicted molar refractivity (Wildman–Crippen MR) is 279 cm³/mol. The molecule has 1 heterocycles. The van der Waals surface area contributed by atoms with Gasteiger partial charge in [0.2, 0.25) is 47.3 Å². The summed E-state index contributed by atoms with van der Waals surface area (Å²) in [4.78, 5) is 144. The summed E-state index contributed by atoms with van der Waals surface area (Å²) < 4.78 is 5.96. The number of carbonyl (C=O) groups is 11. The second kappa shape index (κ2) is 39.7. The molecule has 1 rings (SSSR count). The molecule has 1 aliphatic heterocycles. The Morgan fingerprint density at radius 2 is 1.21 bits per heavy atom. The summed E-state index contributed by atoms with van der Waals surface area (Å²) in [7, 11) is 0. The zero-order chi connectivity index (χ0) is 57.9. The molecule has 0 aromatic rings. The second-order valence-corrected chi connectivity index (χ2v) is 19.8. The third kappa shape index (κ3) is 29.6. The highest BCUT2D eigenvalue weighted by Gasteiger charge is 2.35. The lowest BCUT2D eigenvalue weighted by Gasteiger charge is -2.27. The maximum absolute atomic E-state index is 13.6. The van der Waals surface area contributed by atoms with Crippen molar-refractivity contribution in [1.82, 2.24) is 42.5 Å². The van der Waals surface area contributed by atoms with Crippen molar-refractivity contribution in [3.05, 3.63) is 0 Å². The van der Waals surface area contributed by atoms with Crippen LogP contribution < -0.4 is 48.3 Å². The molecule has 77 heavy (non-hydrogen) atoms. The molecule has 26 heteroatoms. The van der Waals surface area contributed by atoms with E-state index in [2.05, 4.69) is 49.5 Å². The van der Waals surface area contributed by atoms with Crippen LogP contribution in [-0.2, 0) is 57.5 Å². The number of carbonyl (C=O) groups excluding carboxylic acids is 10. The molecule has 15 N–H and O–H groups in total. The quantitative estimate of drug-likeness (QED) is 0.0482. The first-order valence-corrected chi connectivity index (χ1v) is 27.0. The number of carboxylic acids is 1. The van der Waals surface area contributed by atoms with Crippen LogP contribution in [0.5, 0.6) is 0 Å². The van der Waals surface area contributed by atoms with Crippen molar-refractivity contribution in [2.24, 2.45) is 17.6 Å². The average molecular weight is 1100 g/mol. The molecule has 0 bridgehead atoms. The number of aliphatic hydroxyl groups excluding tert-OH is 4. The SMILES string of the molecule is CCCCCCCCCCCC[C@H](C)[C@@H]1COCCC(=O)[C@H](CCO)NC(=O)[C@@H]([C@H](C)O)NC(=O)[C@@H](CC(N)=O)NC(=O)[C@H](CO)NCCC(=O)CNC(=O)[C@H](CCC(=O)O)NC(=O)[C@H](CCO)NC(=O)[C@H](C)NC(=O)C1. The number of rotatable bonds is 23. The van der Waals surface area contributed by atoms with E-state index >= 15 is 0 Å². The highest BCUT2D eigenvalue weighted by Crippen LogP contribution is 2.24. The summed E-state index contributed by atoms with van der Waals surface area (Å²) in [6.45, 7) is 3.44. The summed E-state index contributed by atoms with van der Waals surface area (Å²) in [5.74, 6) is -10.8. The van der Waals surface area contributed by atoms with Gasteiger partial charge in [0, 0.05) is 45.4 Å². The number of ether oxygens (including phenoxy) is 1. The molecular formula is C51H89N9O17. The fourth-order valence-corrected chi connectivity index (χ4v) is 8.37. The molecule has 0 saturated carbocycles. The van der Waals surface area contributed by atoms with Crippen molar-refractivity contribution in [1.29, 1.82) is 0 Å². The minimum Gasteiger partial charge on any atom is -0.481 e. The number of nitrogens with two attached hydrogens (primary N) is 1. The third-order valence-electron chi connectivity index (χ3n) is 13.2. The van der Waals surface area contributed by atoms with Gasteiger partial charge in [0.1, 0.15) is 36.3 Å². The molecule has 440 valence electrons. The van der Waals surface area contributed by atoms with E-state index in [4.69, 9.17) is 10.5 Å². The Bertz CT molecular complexity index is 1890. The number of unbranched alkanes of at least 4 members (excludes halogenated alkanes) is 9. The molecule has 0 spiro atoms. The highest BCUT2D eigenvalue weighted by molar-refractivity contribution is 5.98. The molecule has 0 aromatic heterocycles. The Labute approximate surface area is 451 Å². The number of amides is 8. The lowest BCUT2D eigenvalue weighted by atomic mass is 9.87. The fourth-order valence-electron chi connectivity index (χ4n) is 8.37. The molecular weight excluding hydrogens is 1010 g/mol. The Kier molecular flexibility index (Phi) is 35.7. The van der Waals surface area contributed by atoms with Gasteiger partial charge in [-0.25, -0.2) is 0 Å². The molecule has 1 aliphatic rings. The average Bonchev–Trinajstić information content (AvgIpc) is 3.37. The first-order valence-electron chi connectivity index (χ1n) is 27.0. The van der Waals surface area contributed by atoms with E-state index in [-0.39, 0.29) is 57.8 Å². The van der Waals surface area contributed by atoms with Crippen LogP contribution in [0.3, 0.4) is 0 Å². The number of carboxylic acid groups (broad SMARTS) is 1. The topological polar surface area (TPSA) is 420 Å². The summed E-state index contributed by atoms with van der Waals surface area (Å²) >= 11 is 0. The number of aliphatic hydroxyl groups is 4. The van der Waals surface area contributed by atoms with E-state index in [1.807, 2.05) is 6.92 Å². The minimum absolute atomic E-state index is 0.00495. The number of nitrogens with one attached hydrogen (secondary N) is 8. The molecule has 0 aliphatic carbocycles. The van der Waals surface area contributed by atoms with E-state index in [1.54, 1.807) is 0 Å². The lowest BCUT2D eigenvalue weighted by molar-refractivity contribution is -0.138. The third-order valence-corrected chi connectivity index (χ3v) is 13.2. The van der Waals surface area contributed by atoms with Gasteiger partial charge in [0.15, 0.2) is 11.6 Å². The second-order valence-electron chi connectivity index (χ2n) is 19.8. The summed E-state index contributed by atoms with van der Waals surface area (Å²) in [5.41, 5.74) is 5.35. The van der Waals surface area contributed by atoms with Crippen molar-refractivity contribution in [3.63, 3.8) is 0 Å². The number of primary amides is 1. The normalized spacial score (nSPS) is 25.2. The molecule has 8 amide bonds. The Hall–Kier alpha value is -5.67. The maximum atomic E-state index is 13.6. The van der Waals surface area contributed by atoms with Crippen molar-refractivity contribution in [2.45, 2.75) is 198 Å². The van der Waals surface area contributed by atoms with Gasteiger partial charge in [-0.1, -0.05) is 84.5 Å². The van der Waals surface area contributed by atoms with Crippen molar-refractivity contribution in [2.75, 3.05) is 46.1 Å². The van der Waals surface area contributed by atoms with Crippen LogP contribution in [0.4, 0.5) is 0 Å². The van der Waals surface area contributed by atoms with Gasteiger partial charge in [-0.05, 0) is 44.9 Å². The number of hydrogen-bond donors (Lipinski definition) is 14. The minimum atomic E-state index is -1.78. The zero-order valence-corrected chi connectivity index (χ0v) is 45.4. The van der Waals surface area contributed by atoms with Crippen LogP contribution in [0.15, 0.2) is 0 Å². The molecule has 0 radical (unpaired) electrons. The monoisotopic (exact) mass is 1100 g/mol. The van der Waals surface area contributed by atoms with Crippen LogP contribution in [-0.4, -0.2) is 185 Å². The number of ketones is 2. The van der Waals surface area contributed by atoms with Gasteiger partial charge in [-0.15, -0.1) is 0 Å². The Morgan fingerprint density at radius 3 is 1.79 bits per heavy atom. The van der Waals surface area contributed by atoms with Crippen molar-refractivity contribution < 1.29 is 83.0 Å². The smallest absolute Gasteiger partial charge is 0.303 e. The number of hydrogen-bond acceptors (Lipinski definition) is 17. The fraction of sp³-hybridized carbons (Fsp3) is 0.784. The van der Waals surface area contributed by atoms with E-state index in [0.717, 1.165) is 45.4 Å². The largest absolute Gasteiger partial charge is 0.481 e. The van der Waals surface area contributed by atoms with Gasteiger partial charge in [-0.3, -0.25) is 52.7 Å². The van der Waals surface area contributed by atoms with E-state index < -0.39 is 165 Å². The molecule has 0 aromatic carbocycles. The van der Waals surface area contributed by atoms with Crippen molar-refractivity contribution in [3.8, 4) is 0 Å². The van der Waals surface area contributed by atoms with E-state index in [9.17, 15) is 78.3 Å². The van der Waals surface area contributed by atoms with Crippen LogP contribution in [0.1, 0.15) is 150 Å². The predicted octanol–water partition coefficient (Wildman–Crippen LogP) is -2.23. The molecule has 10 atom stereocenters. The van der Waals surface area contributed by atoms with Gasteiger partial charge < -0.3 is 78.5 Å². The van der Waals surface area contributed by atoms with Gasteiger partial charge in [-0.2, -0.15) is 0 Å². The van der Waals surface area contributed by atoms with Gasteiger partial charge in [0.05, 0.1) is 44.9 Å². The summed E-state index contributed by atoms with van der Waals surface area (Å²) in [6, 6.07) is -10.6. The van der Waals surface area contributed by atoms with Crippen LogP contribution in [0, 0.1) is 11.8 Å². The van der Waals surface area contributed by atoms with Crippen LogP contribution >= 0.6 is 0 Å². The number of aliphatic carboxylic acids is 1. The maximum Gasteiger partial charge on any atom is 0.303 e. The lowest BCUT2D eigenvalue weighted by Crippen LogP contribution is -2.60. The van der Waals surface area contributed by atoms with Gasteiger partial charge >= 0.3 is 5.97 Å². The first kappa shape index (κ1) is 69.3. The molecule has 0 unspecified atom stereocenters.